The van der Waals surface area contributed by atoms with Crippen LogP contribution < -0.4 is 27.4 Å². The Hall–Kier alpha value is -3.21. The molecule has 43 heavy (non-hydrogen) atoms. The zero-order valence-corrected chi connectivity index (χ0v) is 27.5. The van der Waals surface area contributed by atoms with Crippen molar-refractivity contribution < 1.29 is 14.4 Å². The summed E-state index contributed by atoms with van der Waals surface area (Å²) in [4.78, 5) is 39.9. The van der Waals surface area contributed by atoms with Crippen molar-refractivity contribution in [2.45, 2.75) is 63.5 Å². The van der Waals surface area contributed by atoms with Gasteiger partial charge in [-0.15, -0.1) is 0 Å². The molecular formula is C33H41Br2N5O3. The van der Waals surface area contributed by atoms with Gasteiger partial charge in [-0.2, -0.15) is 0 Å². The van der Waals surface area contributed by atoms with Crippen LogP contribution in [0.3, 0.4) is 0 Å². The van der Waals surface area contributed by atoms with Gasteiger partial charge in [-0.3, -0.25) is 14.4 Å². The van der Waals surface area contributed by atoms with E-state index in [0.717, 1.165) is 29.5 Å². The topological polar surface area (TPSA) is 139 Å². The highest BCUT2D eigenvalue weighted by Gasteiger charge is 2.27. The third-order valence-corrected chi connectivity index (χ3v) is 8.39. The van der Waals surface area contributed by atoms with Crippen LogP contribution >= 0.6 is 31.9 Å². The molecule has 0 aliphatic rings. The molecule has 10 heteroatoms. The van der Waals surface area contributed by atoms with Crippen LogP contribution in [-0.2, 0) is 33.6 Å². The zero-order valence-electron chi connectivity index (χ0n) is 24.3. The van der Waals surface area contributed by atoms with Crippen molar-refractivity contribution in [1.82, 2.24) is 16.0 Å². The molecule has 3 rings (SSSR count). The Morgan fingerprint density at radius 3 is 1.93 bits per heavy atom. The molecule has 0 unspecified atom stereocenters. The number of benzene rings is 3. The van der Waals surface area contributed by atoms with E-state index in [-0.39, 0.29) is 24.7 Å². The monoisotopic (exact) mass is 713 g/mol. The second-order valence-electron chi connectivity index (χ2n) is 10.5. The van der Waals surface area contributed by atoms with E-state index in [1.54, 1.807) is 0 Å². The van der Waals surface area contributed by atoms with Gasteiger partial charge in [-0.1, -0.05) is 60.7 Å². The van der Waals surface area contributed by atoms with Crippen LogP contribution in [0, 0.1) is 0 Å². The average molecular weight is 716 g/mol. The van der Waals surface area contributed by atoms with Crippen LogP contribution in [0.1, 0.15) is 48.8 Å². The zero-order chi connectivity index (χ0) is 31.0. The molecule has 0 saturated carbocycles. The van der Waals surface area contributed by atoms with Gasteiger partial charge < -0.3 is 27.4 Å². The summed E-state index contributed by atoms with van der Waals surface area (Å²) in [6.07, 6.45) is 4.44. The largest absolute Gasteiger partial charge is 0.397 e. The third kappa shape index (κ3) is 12.1. The standard InChI is InChI=1S/C33H41Br2N5O3/c34-26-20-25(21-27(35)31(26)37)22-29(39-30(41)16-9-14-23-10-3-1-4-11-23)33(43)40-28(15-7-8-18-36)32(42)38-19-17-24-12-5-2-6-13-24/h1-6,10-13,20-21,28-29H,7-9,14-19,22,36-37H2,(H,38,42)(H,39,41)(H,40,43)/t28-,29+/m0/s1. The number of nitrogens with two attached hydrogens (primary N) is 2. The summed E-state index contributed by atoms with van der Waals surface area (Å²) < 4.78 is 1.37. The van der Waals surface area contributed by atoms with E-state index < -0.39 is 18.0 Å². The van der Waals surface area contributed by atoms with Crippen molar-refractivity contribution in [3.63, 3.8) is 0 Å². The molecule has 0 bridgehead atoms. The Labute approximate surface area is 271 Å². The van der Waals surface area contributed by atoms with Crippen molar-refractivity contribution in [2.75, 3.05) is 18.8 Å². The molecule has 0 aliphatic carbocycles. The van der Waals surface area contributed by atoms with Crippen LogP contribution in [0.25, 0.3) is 0 Å². The summed E-state index contributed by atoms with van der Waals surface area (Å²) in [6, 6.07) is 21.9. The number of carbonyl (C=O) groups excluding carboxylic acids is 3. The molecule has 0 fully saturated rings. The molecule has 0 spiro atoms. The SMILES string of the molecule is NCCCC[C@H](NC(=O)[C@@H](Cc1cc(Br)c(N)c(Br)c1)NC(=O)CCCc1ccccc1)C(=O)NCCc1ccccc1. The normalized spacial score (nSPS) is 12.3. The molecule has 8 nitrogen and oxygen atoms in total. The minimum absolute atomic E-state index is 0.221. The fourth-order valence-electron chi connectivity index (χ4n) is 4.70. The number of rotatable bonds is 17. The molecule has 0 saturated heterocycles. The van der Waals surface area contributed by atoms with Crippen LogP contribution in [-0.4, -0.2) is 42.9 Å². The lowest BCUT2D eigenvalue weighted by atomic mass is 10.0. The molecule has 0 radical (unpaired) electrons. The first-order valence-electron chi connectivity index (χ1n) is 14.7. The Morgan fingerprint density at radius 1 is 0.721 bits per heavy atom. The summed E-state index contributed by atoms with van der Waals surface area (Å²) in [6.45, 7) is 0.944. The van der Waals surface area contributed by atoms with E-state index in [1.807, 2.05) is 72.8 Å². The molecule has 0 aromatic heterocycles. The van der Waals surface area contributed by atoms with E-state index in [4.69, 9.17) is 11.5 Å². The van der Waals surface area contributed by atoms with Crippen molar-refractivity contribution in [2.24, 2.45) is 5.73 Å². The molecule has 3 amide bonds. The third-order valence-electron chi connectivity index (χ3n) is 7.08. The van der Waals surface area contributed by atoms with Crippen molar-refractivity contribution in [3.05, 3.63) is 98.4 Å². The van der Waals surface area contributed by atoms with Gasteiger partial charge in [0, 0.05) is 28.3 Å². The lowest BCUT2D eigenvalue weighted by molar-refractivity contribution is -0.132. The first-order chi connectivity index (χ1) is 20.8. The van der Waals surface area contributed by atoms with E-state index in [2.05, 4.69) is 47.8 Å². The summed E-state index contributed by atoms with van der Waals surface area (Å²) in [5, 5.41) is 8.79. The number of amides is 3. The van der Waals surface area contributed by atoms with Gasteiger partial charge in [-0.05, 0) is 106 Å². The summed E-state index contributed by atoms with van der Waals surface area (Å²) in [7, 11) is 0. The molecule has 3 aromatic rings. The minimum Gasteiger partial charge on any atom is -0.397 e. The maximum Gasteiger partial charge on any atom is 0.243 e. The van der Waals surface area contributed by atoms with Gasteiger partial charge in [0.05, 0.1) is 5.69 Å². The first kappa shape index (κ1) is 34.3. The predicted molar refractivity (Wildman–Crippen MR) is 179 cm³/mol. The van der Waals surface area contributed by atoms with Crippen LogP contribution in [0.4, 0.5) is 5.69 Å². The van der Waals surface area contributed by atoms with Crippen molar-refractivity contribution >= 4 is 55.3 Å². The van der Waals surface area contributed by atoms with Gasteiger partial charge in [0.15, 0.2) is 0 Å². The molecule has 230 valence electrons. The Kier molecular flexibility index (Phi) is 14.7. The van der Waals surface area contributed by atoms with Gasteiger partial charge in [0.1, 0.15) is 12.1 Å². The molecule has 0 aliphatic heterocycles. The van der Waals surface area contributed by atoms with Gasteiger partial charge >= 0.3 is 0 Å². The van der Waals surface area contributed by atoms with Gasteiger partial charge in [0.2, 0.25) is 17.7 Å². The Bertz CT molecular complexity index is 1300. The Balaban J connectivity index is 1.69. The van der Waals surface area contributed by atoms with E-state index >= 15 is 0 Å². The number of carbonyl (C=O) groups is 3. The maximum absolute atomic E-state index is 13.7. The molecule has 3 aromatic carbocycles. The number of nitrogen functional groups attached to an aromatic ring is 1. The van der Waals surface area contributed by atoms with E-state index in [1.165, 1.54) is 0 Å². The fourth-order valence-corrected chi connectivity index (χ4v) is 5.98. The maximum atomic E-state index is 13.7. The van der Waals surface area contributed by atoms with Crippen LogP contribution in [0.15, 0.2) is 81.7 Å². The first-order valence-corrected chi connectivity index (χ1v) is 16.2. The lowest BCUT2D eigenvalue weighted by Gasteiger charge is -2.24. The lowest BCUT2D eigenvalue weighted by Crippen LogP contribution is -2.54. The number of anilines is 1. The minimum atomic E-state index is -0.888. The highest BCUT2D eigenvalue weighted by molar-refractivity contribution is 9.11. The predicted octanol–water partition coefficient (Wildman–Crippen LogP) is 4.82. The average Bonchev–Trinajstić information content (AvgIpc) is 3.00. The molecular weight excluding hydrogens is 674 g/mol. The summed E-state index contributed by atoms with van der Waals surface area (Å²) in [5.41, 5.74) is 15.4. The number of unbranched alkanes of at least 4 members (excludes halogenated alkanes) is 1. The number of halogens is 2. The van der Waals surface area contributed by atoms with Gasteiger partial charge in [0.25, 0.3) is 0 Å². The van der Waals surface area contributed by atoms with Crippen LogP contribution in [0.5, 0.6) is 0 Å². The van der Waals surface area contributed by atoms with Crippen molar-refractivity contribution in [3.8, 4) is 0 Å². The van der Waals surface area contributed by atoms with Gasteiger partial charge in [-0.25, -0.2) is 0 Å². The summed E-state index contributed by atoms with van der Waals surface area (Å²) in [5.74, 6) is -0.902. The Morgan fingerprint density at radius 2 is 1.33 bits per heavy atom. The highest BCUT2D eigenvalue weighted by Crippen LogP contribution is 2.30. The van der Waals surface area contributed by atoms with Crippen molar-refractivity contribution in [1.29, 1.82) is 0 Å². The highest BCUT2D eigenvalue weighted by atomic mass is 79.9. The molecule has 0 heterocycles. The number of hydrogen-bond donors (Lipinski definition) is 5. The summed E-state index contributed by atoms with van der Waals surface area (Å²) >= 11 is 6.92. The quantitative estimate of drug-likeness (QED) is 0.101. The fraction of sp³-hybridized carbons (Fsp3) is 0.364. The molecule has 2 atom stereocenters. The number of nitrogens with one attached hydrogen (secondary N) is 3. The van der Waals surface area contributed by atoms with E-state index in [9.17, 15) is 14.4 Å². The second kappa shape index (κ2) is 18.5. The van der Waals surface area contributed by atoms with E-state index in [0.29, 0.717) is 53.4 Å². The smallest absolute Gasteiger partial charge is 0.243 e. The second-order valence-corrected chi connectivity index (χ2v) is 12.2. The number of aryl methyl sites for hydroxylation is 1. The van der Waals surface area contributed by atoms with Crippen LogP contribution in [0.2, 0.25) is 0 Å². The number of hydrogen-bond acceptors (Lipinski definition) is 5. The molecule has 7 N–H and O–H groups in total.